The van der Waals surface area contributed by atoms with Crippen LogP contribution in [0.15, 0.2) is 6.07 Å². The van der Waals surface area contributed by atoms with Crippen molar-refractivity contribution in [3.8, 4) is 5.75 Å². The third-order valence-electron chi connectivity index (χ3n) is 3.40. The topological polar surface area (TPSA) is 64.3 Å². The van der Waals surface area contributed by atoms with E-state index in [1.807, 2.05) is 6.92 Å². The average molecular weight is 301 g/mol. The first-order chi connectivity index (χ1) is 9.45. The number of halogens is 2. The first kappa shape index (κ1) is 15.1. The molecule has 1 saturated heterocycles. The fourth-order valence-corrected chi connectivity index (χ4v) is 2.69. The molecular formula is C14H18ClFN2O2. The SMILES string of the molecule is CCOc1c([C@H](C)N)cc(Cl)c(F)c1[C@@H]1CNC(=O)C1. The Kier molecular flexibility index (Phi) is 4.50. The van der Waals surface area contributed by atoms with Gasteiger partial charge in [-0.3, -0.25) is 4.79 Å². The van der Waals surface area contributed by atoms with Crippen molar-refractivity contribution in [2.45, 2.75) is 32.2 Å². The zero-order chi connectivity index (χ0) is 14.9. The van der Waals surface area contributed by atoms with Crippen LogP contribution in [-0.2, 0) is 4.79 Å². The maximum absolute atomic E-state index is 14.4. The highest BCUT2D eigenvalue weighted by atomic mass is 35.5. The highest BCUT2D eigenvalue weighted by Crippen LogP contribution is 2.41. The van der Waals surface area contributed by atoms with E-state index in [-0.39, 0.29) is 29.3 Å². The van der Waals surface area contributed by atoms with Gasteiger partial charge in [-0.1, -0.05) is 11.6 Å². The van der Waals surface area contributed by atoms with Crippen LogP contribution >= 0.6 is 11.6 Å². The third kappa shape index (κ3) is 2.74. The van der Waals surface area contributed by atoms with Crippen LogP contribution in [0.2, 0.25) is 5.02 Å². The summed E-state index contributed by atoms with van der Waals surface area (Å²) in [4.78, 5) is 11.4. The second-order valence-corrected chi connectivity index (χ2v) is 5.34. The fraction of sp³-hybridized carbons (Fsp3) is 0.500. The summed E-state index contributed by atoms with van der Waals surface area (Å²) >= 11 is 5.96. The number of carbonyl (C=O) groups excluding carboxylic acids is 1. The van der Waals surface area contributed by atoms with Crippen LogP contribution in [-0.4, -0.2) is 19.1 Å². The average Bonchev–Trinajstić information content (AvgIpc) is 2.80. The van der Waals surface area contributed by atoms with Crippen molar-refractivity contribution in [3.63, 3.8) is 0 Å². The second kappa shape index (κ2) is 5.97. The fourth-order valence-electron chi connectivity index (χ4n) is 2.47. The predicted octanol–water partition coefficient (Wildman–Crippen LogP) is 2.50. The van der Waals surface area contributed by atoms with Crippen LogP contribution in [0, 0.1) is 5.82 Å². The molecule has 2 atom stereocenters. The monoisotopic (exact) mass is 300 g/mol. The molecule has 6 heteroatoms. The normalized spacial score (nSPS) is 19.9. The lowest BCUT2D eigenvalue weighted by molar-refractivity contribution is -0.119. The molecule has 110 valence electrons. The minimum Gasteiger partial charge on any atom is -0.493 e. The number of rotatable bonds is 4. The standard InChI is InChI=1S/C14H18ClFN2O2/c1-3-20-14-9(7(2)17)5-10(15)13(16)12(14)8-4-11(19)18-6-8/h5,7-8H,3-4,6,17H2,1-2H3,(H,18,19)/t7-,8-/m0/s1. The summed E-state index contributed by atoms with van der Waals surface area (Å²) < 4.78 is 20.0. The summed E-state index contributed by atoms with van der Waals surface area (Å²) in [7, 11) is 0. The molecule has 0 unspecified atom stereocenters. The molecule has 0 bridgehead atoms. The number of benzene rings is 1. The zero-order valence-electron chi connectivity index (χ0n) is 11.5. The first-order valence-corrected chi connectivity index (χ1v) is 7.00. The van der Waals surface area contributed by atoms with E-state index in [1.165, 1.54) is 6.07 Å². The van der Waals surface area contributed by atoms with Crippen molar-refractivity contribution < 1.29 is 13.9 Å². The smallest absolute Gasteiger partial charge is 0.220 e. The Morgan fingerprint density at radius 2 is 2.35 bits per heavy atom. The molecule has 0 radical (unpaired) electrons. The number of hydrogen-bond acceptors (Lipinski definition) is 3. The van der Waals surface area contributed by atoms with Gasteiger partial charge in [-0.25, -0.2) is 4.39 Å². The molecule has 0 aliphatic carbocycles. The van der Waals surface area contributed by atoms with Gasteiger partial charge in [0, 0.05) is 36.1 Å². The molecule has 3 N–H and O–H groups in total. The van der Waals surface area contributed by atoms with E-state index in [2.05, 4.69) is 5.32 Å². The van der Waals surface area contributed by atoms with Gasteiger partial charge in [0.05, 0.1) is 11.6 Å². The van der Waals surface area contributed by atoms with Crippen LogP contribution in [0.3, 0.4) is 0 Å². The van der Waals surface area contributed by atoms with Gasteiger partial charge in [0.2, 0.25) is 5.91 Å². The summed E-state index contributed by atoms with van der Waals surface area (Å²) in [6.07, 6.45) is 0.232. The number of ether oxygens (including phenoxy) is 1. The van der Waals surface area contributed by atoms with Crippen molar-refractivity contribution in [3.05, 3.63) is 28.0 Å². The summed E-state index contributed by atoms with van der Waals surface area (Å²) in [5.41, 5.74) is 6.93. The maximum Gasteiger partial charge on any atom is 0.220 e. The molecule has 4 nitrogen and oxygen atoms in total. The number of hydrogen-bond donors (Lipinski definition) is 2. The predicted molar refractivity (Wildman–Crippen MR) is 75.5 cm³/mol. The zero-order valence-corrected chi connectivity index (χ0v) is 12.3. The minimum absolute atomic E-state index is 0.00935. The van der Waals surface area contributed by atoms with E-state index in [1.54, 1.807) is 6.92 Å². The van der Waals surface area contributed by atoms with E-state index in [0.29, 0.717) is 30.0 Å². The maximum atomic E-state index is 14.4. The van der Waals surface area contributed by atoms with Gasteiger partial charge in [0.15, 0.2) is 0 Å². The summed E-state index contributed by atoms with van der Waals surface area (Å²) in [6.45, 7) is 4.38. The van der Waals surface area contributed by atoms with Crippen molar-refractivity contribution in [1.29, 1.82) is 0 Å². The molecule has 1 aliphatic rings. The van der Waals surface area contributed by atoms with Crippen molar-refractivity contribution >= 4 is 17.5 Å². The van der Waals surface area contributed by atoms with Crippen LogP contribution in [0.25, 0.3) is 0 Å². The van der Waals surface area contributed by atoms with E-state index >= 15 is 0 Å². The molecule has 1 aromatic carbocycles. The molecule has 1 amide bonds. The number of carbonyl (C=O) groups is 1. The minimum atomic E-state index is -0.527. The molecular weight excluding hydrogens is 283 g/mol. The lowest BCUT2D eigenvalue weighted by Crippen LogP contribution is -2.16. The Morgan fingerprint density at radius 1 is 1.65 bits per heavy atom. The van der Waals surface area contributed by atoms with Crippen LogP contribution in [0.5, 0.6) is 5.75 Å². The molecule has 0 aromatic heterocycles. The first-order valence-electron chi connectivity index (χ1n) is 6.62. The third-order valence-corrected chi connectivity index (χ3v) is 3.68. The van der Waals surface area contributed by atoms with Crippen molar-refractivity contribution in [2.24, 2.45) is 5.73 Å². The highest BCUT2D eigenvalue weighted by Gasteiger charge is 2.31. The molecule has 1 aromatic rings. The van der Waals surface area contributed by atoms with Gasteiger partial charge in [0.25, 0.3) is 0 Å². The van der Waals surface area contributed by atoms with Crippen LogP contribution < -0.4 is 15.8 Å². The van der Waals surface area contributed by atoms with E-state index in [0.717, 1.165) is 0 Å². The van der Waals surface area contributed by atoms with E-state index in [9.17, 15) is 9.18 Å². The van der Waals surface area contributed by atoms with Gasteiger partial charge < -0.3 is 15.8 Å². The second-order valence-electron chi connectivity index (χ2n) is 4.93. The Balaban J connectivity index is 2.59. The van der Waals surface area contributed by atoms with Crippen LogP contribution in [0.4, 0.5) is 4.39 Å². The van der Waals surface area contributed by atoms with Crippen molar-refractivity contribution in [2.75, 3.05) is 13.2 Å². The number of amides is 1. The van der Waals surface area contributed by atoms with E-state index in [4.69, 9.17) is 22.1 Å². The Labute approximate surface area is 122 Å². The Hall–Kier alpha value is -1.33. The molecule has 20 heavy (non-hydrogen) atoms. The molecule has 1 fully saturated rings. The van der Waals surface area contributed by atoms with Gasteiger partial charge in [-0.15, -0.1) is 0 Å². The largest absolute Gasteiger partial charge is 0.493 e. The molecule has 2 rings (SSSR count). The lowest BCUT2D eigenvalue weighted by atomic mass is 9.92. The number of nitrogens with one attached hydrogen (secondary N) is 1. The molecule has 1 heterocycles. The lowest BCUT2D eigenvalue weighted by Gasteiger charge is -2.21. The van der Waals surface area contributed by atoms with Gasteiger partial charge in [-0.05, 0) is 19.9 Å². The molecule has 0 spiro atoms. The van der Waals surface area contributed by atoms with Crippen LogP contribution in [0.1, 0.15) is 43.4 Å². The van der Waals surface area contributed by atoms with Gasteiger partial charge >= 0.3 is 0 Å². The Bertz CT molecular complexity index is 534. The number of nitrogens with two attached hydrogens (primary N) is 1. The summed E-state index contributed by atoms with van der Waals surface area (Å²) in [6, 6.07) is 1.17. The van der Waals surface area contributed by atoms with Gasteiger partial charge in [0.1, 0.15) is 11.6 Å². The van der Waals surface area contributed by atoms with Crippen molar-refractivity contribution in [1.82, 2.24) is 5.32 Å². The van der Waals surface area contributed by atoms with Gasteiger partial charge in [-0.2, -0.15) is 0 Å². The molecule has 1 aliphatic heterocycles. The summed E-state index contributed by atoms with van der Waals surface area (Å²) in [5.74, 6) is -0.480. The van der Waals surface area contributed by atoms with E-state index < -0.39 is 5.82 Å². The highest BCUT2D eigenvalue weighted by molar-refractivity contribution is 6.31. The Morgan fingerprint density at radius 3 is 2.85 bits per heavy atom. The summed E-state index contributed by atoms with van der Waals surface area (Å²) in [5, 5.41) is 2.71. The molecule has 0 saturated carbocycles. The quantitative estimate of drug-likeness (QED) is 0.898.